The van der Waals surface area contributed by atoms with Crippen LogP contribution >= 0.6 is 45.9 Å². The number of hydrogen-bond acceptors (Lipinski definition) is 7. The standard InChI is InChI=1S/C25H20Cl2N4O3S2.K/c1-14(17-13-35-23(22(17)32)15-6-7-18(26)19(27)11-15)29-30-24(33)20-8-9-21(36-20)25(34)31(2)12-16-5-3-4-10-28-16;/h3-11,13,32H,12H2,1-2H3,(H,30,33);. The summed E-state index contributed by atoms with van der Waals surface area (Å²) in [5.41, 5.74) is 4.89. The maximum Gasteiger partial charge on any atom is 0.281 e. The van der Waals surface area contributed by atoms with Gasteiger partial charge in [0.2, 0.25) is 0 Å². The Labute approximate surface area is 274 Å². The topological polar surface area (TPSA) is 94.9 Å². The van der Waals surface area contributed by atoms with Gasteiger partial charge in [0.1, 0.15) is 5.75 Å². The van der Waals surface area contributed by atoms with Gasteiger partial charge in [-0.1, -0.05) is 35.3 Å². The molecular weight excluding hydrogens is 578 g/mol. The zero-order valence-electron chi connectivity index (χ0n) is 20.2. The summed E-state index contributed by atoms with van der Waals surface area (Å²) in [6.45, 7) is 2.04. The number of halogens is 2. The van der Waals surface area contributed by atoms with Crippen LogP contribution in [0, 0.1) is 0 Å². The van der Waals surface area contributed by atoms with Crippen LogP contribution in [0.25, 0.3) is 10.4 Å². The van der Waals surface area contributed by atoms with Crippen molar-refractivity contribution in [3.63, 3.8) is 0 Å². The molecule has 1 radical (unpaired) electrons. The number of carbonyl (C=O) groups is 2. The van der Waals surface area contributed by atoms with E-state index in [-0.39, 0.29) is 63.0 Å². The molecule has 0 bridgehead atoms. The van der Waals surface area contributed by atoms with Gasteiger partial charge in [0.15, 0.2) is 0 Å². The van der Waals surface area contributed by atoms with Gasteiger partial charge in [0.25, 0.3) is 11.8 Å². The number of aromatic hydroxyl groups is 1. The summed E-state index contributed by atoms with van der Waals surface area (Å²) in [4.78, 5) is 32.5. The van der Waals surface area contributed by atoms with Crippen molar-refractivity contribution in [2.45, 2.75) is 13.5 Å². The molecule has 0 fully saturated rings. The average molecular weight is 599 g/mol. The van der Waals surface area contributed by atoms with E-state index in [9.17, 15) is 14.7 Å². The normalized spacial score (nSPS) is 11.1. The molecule has 0 saturated carbocycles. The molecule has 37 heavy (non-hydrogen) atoms. The number of benzene rings is 1. The van der Waals surface area contributed by atoms with E-state index >= 15 is 0 Å². The molecule has 0 saturated heterocycles. The Balaban J connectivity index is 0.00000380. The molecule has 3 heterocycles. The summed E-state index contributed by atoms with van der Waals surface area (Å²) in [6.07, 6.45) is 1.67. The van der Waals surface area contributed by atoms with E-state index in [0.717, 1.165) is 22.6 Å². The number of aromatic nitrogens is 1. The Morgan fingerprint density at radius 3 is 2.57 bits per heavy atom. The summed E-state index contributed by atoms with van der Waals surface area (Å²) in [5.74, 6) is -0.624. The van der Waals surface area contributed by atoms with Crippen LogP contribution in [-0.2, 0) is 6.54 Å². The summed E-state index contributed by atoms with van der Waals surface area (Å²) >= 11 is 14.5. The second-order valence-electron chi connectivity index (χ2n) is 7.74. The third kappa shape index (κ3) is 7.28. The molecule has 0 spiro atoms. The van der Waals surface area contributed by atoms with E-state index < -0.39 is 5.91 Å². The van der Waals surface area contributed by atoms with Crippen LogP contribution in [0.2, 0.25) is 10.0 Å². The van der Waals surface area contributed by atoms with Crippen LogP contribution in [0.15, 0.2) is 65.2 Å². The van der Waals surface area contributed by atoms with Gasteiger partial charge in [-0.25, -0.2) is 5.43 Å². The largest absolute Gasteiger partial charge is 0.506 e. The van der Waals surface area contributed by atoms with Gasteiger partial charge in [0, 0.05) is 70.0 Å². The van der Waals surface area contributed by atoms with Gasteiger partial charge >= 0.3 is 0 Å². The molecule has 0 aliphatic rings. The second-order valence-corrected chi connectivity index (χ2v) is 10.5. The molecule has 7 nitrogen and oxygen atoms in total. The number of rotatable bonds is 7. The SMILES string of the molecule is CC(=NNC(=O)c1ccc(C(=O)N(C)Cc2ccccn2)s1)c1csc(-c2ccc(Cl)c(Cl)c2)c1O.[K]. The summed E-state index contributed by atoms with van der Waals surface area (Å²) < 4.78 is 0. The minimum absolute atomic E-state index is 0. The van der Waals surface area contributed by atoms with Crippen molar-refractivity contribution in [3.05, 3.63) is 91.2 Å². The third-order valence-electron chi connectivity index (χ3n) is 5.17. The van der Waals surface area contributed by atoms with Crippen molar-refractivity contribution in [1.29, 1.82) is 0 Å². The van der Waals surface area contributed by atoms with Crippen molar-refractivity contribution in [3.8, 4) is 16.2 Å². The molecule has 0 unspecified atom stereocenters. The predicted octanol–water partition coefficient (Wildman–Crippen LogP) is 5.93. The smallest absolute Gasteiger partial charge is 0.281 e. The zero-order chi connectivity index (χ0) is 25.8. The van der Waals surface area contributed by atoms with Crippen molar-refractivity contribution >= 4 is 115 Å². The van der Waals surface area contributed by atoms with Crippen LogP contribution in [0.5, 0.6) is 5.75 Å². The van der Waals surface area contributed by atoms with Crippen LogP contribution in [0.3, 0.4) is 0 Å². The maximum absolute atomic E-state index is 12.7. The maximum atomic E-state index is 12.7. The van der Waals surface area contributed by atoms with Crippen LogP contribution < -0.4 is 5.43 Å². The fraction of sp³-hybridized carbons (Fsp3) is 0.120. The number of amides is 2. The molecule has 3 aromatic heterocycles. The van der Waals surface area contributed by atoms with Gasteiger partial charge in [-0.05, 0) is 48.9 Å². The van der Waals surface area contributed by atoms with Crippen molar-refractivity contribution < 1.29 is 14.7 Å². The van der Waals surface area contributed by atoms with Crippen LogP contribution in [-0.4, -0.2) is 90.9 Å². The van der Waals surface area contributed by atoms with E-state index in [4.69, 9.17) is 23.2 Å². The average Bonchev–Trinajstić information content (AvgIpc) is 3.51. The first-order chi connectivity index (χ1) is 17.2. The Kier molecular flexibility index (Phi) is 10.9. The molecule has 0 aliphatic heterocycles. The quantitative estimate of drug-likeness (QED) is 0.157. The number of hydrazone groups is 1. The van der Waals surface area contributed by atoms with Gasteiger partial charge in [-0.3, -0.25) is 14.6 Å². The van der Waals surface area contributed by atoms with Crippen molar-refractivity contribution in [2.24, 2.45) is 5.10 Å². The second kappa shape index (κ2) is 13.5. The molecule has 4 aromatic rings. The number of pyridine rings is 1. The van der Waals surface area contributed by atoms with Gasteiger partial charge in [0.05, 0.1) is 48.2 Å². The Hall–Kier alpha value is -1.60. The first-order valence-corrected chi connectivity index (χ1v) is 13.1. The Bertz CT molecular complexity index is 1460. The Morgan fingerprint density at radius 1 is 1.11 bits per heavy atom. The zero-order valence-corrected chi connectivity index (χ0v) is 26.4. The van der Waals surface area contributed by atoms with Crippen molar-refractivity contribution in [1.82, 2.24) is 15.3 Å². The molecule has 1 aromatic carbocycles. The minimum atomic E-state index is -0.454. The monoisotopic (exact) mass is 597 g/mol. The van der Waals surface area contributed by atoms with Crippen LogP contribution in [0.1, 0.15) is 37.5 Å². The van der Waals surface area contributed by atoms with Crippen molar-refractivity contribution in [2.75, 3.05) is 7.05 Å². The molecule has 2 amide bonds. The number of carbonyl (C=O) groups excluding carboxylic acids is 2. The van der Waals surface area contributed by atoms with E-state index in [0.29, 0.717) is 42.5 Å². The first-order valence-electron chi connectivity index (χ1n) is 10.6. The third-order valence-corrected chi connectivity index (χ3v) is 8.00. The van der Waals surface area contributed by atoms with Gasteiger partial charge < -0.3 is 10.0 Å². The predicted molar refractivity (Wildman–Crippen MR) is 151 cm³/mol. The molecule has 12 heteroatoms. The number of nitrogens with one attached hydrogen (secondary N) is 1. The molecule has 0 atom stereocenters. The first kappa shape index (κ1) is 29.9. The van der Waals surface area contributed by atoms with E-state index in [1.54, 1.807) is 60.8 Å². The molecule has 185 valence electrons. The molecule has 4 rings (SSSR count). The fourth-order valence-electron chi connectivity index (χ4n) is 3.27. The summed E-state index contributed by atoms with van der Waals surface area (Å²) in [5, 5.41) is 17.4. The van der Waals surface area contributed by atoms with Crippen LogP contribution in [0.4, 0.5) is 0 Å². The summed E-state index contributed by atoms with van der Waals surface area (Å²) in [6, 6.07) is 13.8. The van der Waals surface area contributed by atoms with E-state index in [2.05, 4.69) is 15.5 Å². The summed E-state index contributed by atoms with van der Waals surface area (Å²) in [7, 11) is 1.68. The van der Waals surface area contributed by atoms with Gasteiger partial charge in [-0.15, -0.1) is 22.7 Å². The number of nitrogens with zero attached hydrogens (tertiary/aromatic N) is 3. The number of thiophene rings is 2. The van der Waals surface area contributed by atoms with E-state index in [1.165, 1.54) is 11.3 Å². The molecular formula is C25H20Cl2KN4O3S2. The fourth-order valence-corrected chi connectivity index (χ4v) is 5.46. The van der Waals surface area contributed by atoms with Gasteiger partial charge in [-0.2, -0.15) is 5.10 Å². The minimum Gasteiger partial charge on any atom is -0.506 e. The molecule has 0 aliphatic carbocycles. The molecule has 2 N–H and O–H groups in total. The Morgan fingerprint density at radius 2 is 1.86 bits per heavy atom. The number of hydrogen-bond donors (Lipinski definition) is 2. The van der Waals surface area contributed by atoms with E-state index in [1.807, 2.05) is 18.2 Å².